The van der Waals surface area contributed by atoms with Crippen LogP contribution in [0.2, 0.25) is 0 Å². The highest BCUT2D eigenvalue weighted by Crippen LogP contribution is 2.30. The molecule has 0 amide bonds. The molecule has 0 unspecified atom stereocenters. The van der Waals surface area contributed by atoms with Gasteiger partial charge in [0.25, 0.3) is 0 Å². The molecule has 0 spiro atoms. The Morgan fingerprint density at radius 2 is 1.72 bits per heavy atom. The third-order valence-corrected chi connectivity index (χ3v) is 7.05. The van der Waals surface area contributed by atoms with Gasteiger partial charge in [0, 0.05) is 11.6 Å². The van der Waals surface area contributed by atoms with Crippen molar-refractivity contribution in [3.8, 4) is 17.2 Å². The van der Waals surface area contributed by atoms with Crippen LogP contribution in [0.25, 0.3) is 0 Å². The van der Waals surface area contributed by atoms with Crippen LogP contribution >= 0.6 is 0 Å². The Hall–Kier alpha value is -2.29. The normalized spacial score (nSPS) is 15.8. The zero-order valence-electron chi connectivity index (χ0n) is 17.2. The Kier molecular flexibility index (Phi) is 7.00. The number of rotatable bonds is 8. The molecule has 0 radical (unpaired) electrons. The van der Waals surface area contributed by atoms with Gasteiger partial charge in [-0.2, -0.15) is 4.31 Å². The van der Waals surface area contributed by atoms with E-state index in [1.807, 2.05) is 25.1 Å². The van der Waals surface area contributed by atoms with E-state index in [0.717, 1.165) is 30.9 Å². The number of quaternary nitrogens is 1. The van der Waals surface area contributed by atoms with E-state index in [0.29, 0.717) is 31.2 Å². The Labute approximate surface area is 172 Å². The summed E-state index contributed by atoms with van der Waals surface area (Å²) < 4.78 is 44.1. The zero-order chi connectivity index (χ0) is 20.9. The lowest BCUT2D eigenvalue weighted by molar-refractivity contribution is -0.917. The first-order valence-electron chi connectivity index (χ1n) is 9.76. The second kappa shape index (κ2) is 9.47. The number of para-hydroxylation sites is 1. The van der Waals surface area contributed by atoms with Crippen molar-refractivity contribution in [2.24, 2.45) is 0 Å². The van der Waals surface area contributed by atoms with Crippen molar-refractivity contribution in [2.45, 2.75) is 18.4 Å². The number of ether oxygens (including phenoxy) is 3. The van der Waals surface area contributed by atoms with Crippen molar-refractivity contribution in [2.75, 3.05) is 47.0 Å². The second-order valence-electron chi connectivity index (χ2n) is 6.89. The van der Waals surface area contributed by atoms with Gasteiger partial charge in [-0.15, -0.1) is 0 Å². The van der Waals surface area contributed by atoms with Gasteiger partial charge in [0.1, 0.15) is 28.7 Å². The first-order chi connectivity index (χ1) is 14.0. The summed E-state index contributed by atoms with van der Waals surface area (Å²) in [6, 6.07) is 12.9. The van der Waals surface area contributed by atoms with Crippen LogP contribution in [0, 0.1) is 0 Å². The second-order valence-corrected chi connectivity index (χ2v) is 8.79. The lowest BCUT2D eigenvalue weighted by atomic mass is 10.2. The van der Waals surface area contributed by atoms with E-state index in [1.165, 1.54) is 29.5 Å². The van der Waals surface area contributed by atoms with Crippen molar-refractivity contribution in [1.82, 2.24) is 4.31 Å². The third-order valence-electron chi connectivity index (χ3n) is 5.13. The van der Waals surface area contributed by atoms with Crippen molar-refractivity contribution < 1.29 is 27.5 Å². The van der Waals surface area contributed by atoms with Crippen LogP contribution in [-0.2, 0) is 16.6 Å². The number of hydrogen-bond acceptors (Lipinski definition) is 5. The van der Waals surface area contributed by atoms with Gasteiger partial charge in [0.15, 0.2) is 0 Å². The van der Waals surface area contributed by atoms with Gasteiger partial charge in [0.05, 0.1) is 47.0 Å². The van der Waals surface area contributed by atoms with E-state index in [1.54, 1.807) is 12.1 Å². The molecule has 2 aromatic carbocycles. The molecular formula is C21H29N2O5S+. The number of nitrogens with one attached hydrogen (secondary N) is 1. The molecule has 1 aliphatic heterocycles. The highest BCUT2D eigenvalue weighted by molar-refractivity contribution is 7.89. The molecule has 1 fully saturated rings. The average Bonchev–Trinajstić information content (AvgIpc) is 2.75. The summed E-state index contributed by atoms with van der Waals surface area (Å²) in [7, 11) is -0.675. The highest BCUT2D eigenvalue weighted by atomic mass is 32.2. The number of hydrogen-bond donors (Lipinski definition) is 1. The van der Waals surface area contributed by atoms with Gasteiger partial charge in [-0.1, -0.05) is 12.1 Å². The minimum absolute atomic E-state index is 0.143. The fraction of sp³-hybridized carbons (Fsp3) is 0.429. The Bertz CT molecular complexity index is 924. The van der Waals surface area contributed by atoms with E-state index in [9.17, 15) is 8.42 Å². The molecule has 0 bridgehead atoms. The maximum absolute atomic E-state index is 13.2. The van der Waals surface area contributed by atoms with E-state index in [4.69, 9.17) is 14.2 Å². The standard InChI is InChI=1S/C21H28N2O5S/c1-4-28-19-8-6-5-7-17(19)16-22-11-13-23(14-12-22)29(24,25)21-15-18(26-2)9-10-20(21)27-3/h5-10,15H,4,11-14,16H2,1-3H3/p+1. The minimum atomic E-state index is -3.66. The highest BCUT2D eigenvalue weighted by Gasteiger charge is 2.33. The maximum atomic E-state index is 13.2. The third kappa shape index (κ3) is 4.83. The summed E-state index contributed by atoms with van der Waals surface area (Å²) >= 11 is 0. The van der Waals surface area contributed by atoms with Gasteiger partial charge < -0.3 is 19.1 Å². The van der Waals surface area contributed by atoms with Crippen molar-refractivity contribution in [1.29, 1.82) is 0 Å². The van der Waals surface area contributed by atoms with Crippen LogP contribution in [0.1, 0.15) is 12.5 Å². The lowest BCUT2D eigenvalue weighted by Gasteiger charge is -2.32. The zero-order valence-corrected chi connectivity index (χ0v) is 18.0. The van der Waals surface area contributed by atoms with Crippen molar-refractivity contribution in [3.05, 3.63) is 48.0 Å². The monoisotopic (exact) mass is 421 g/mol. The van der Waals surface area contributed by atoms with Gasteiger partial charge >= 0.3 is 0 Å². The number of piperazine rings is 1. The van der Waals surface area contributed by atoms with E-state index in [2.05, 4.69) is 6.07 Å². The summed E-state index contributed by atoms with van der Waals surface area (Å²) in [5, 5.41) is 0. The lowest BCUT2D eigenvalue weighted by Crippen LogP contribution is -3.13. The Balaban J connectivity index is 1.71. The number of sulfonamides is 1. The van der Waals surface area contributed by atoms with Gasteiger partial charge in [0.2, 0.25) is 10.0 Å². The van der Waals surface area contributed by atoms with E-state index in [-0.39, 0.29) is 4.90 Å². The molecule has 158 valence electrons. The van der Waals surface area contributed by atoms with Crippen molar-refractivity contribution >= 4 is 10.0 Å². The molecule has 1 saturated heterocycles. The smallest absolute Gasteiger partial charge is 0.247 e. The fourth-order valence-corrected chi connectivity index (χ4v) is 5.17. The van der Waals surface area contributed by atoms with Crippen LogP contribution in [-0.4, -0.2) is 59.7 Å². The minimum Gasteiger partial charge on any atom is -0.497 e. The predicted molar refractivity (Wildman–Crippen MR) is 110 cm³/mol. The molecule has 7 nitrogen and oxygen atoms in total. The number of methoxy groups -OCH3 is 2. The fourth-order valence-electron chi connectivity index (χ4n) is 3.56. The molecule has 1 N–H and O–H groups in total. The molecule has 29 heavy (non-hydrogen) atoms. The number of benzene rings is 2. The molecule has 0 saturated carbocycles. The largest absolute Gasteiger partial charge is 0.497 e. The van der Waals surface area contributed by atoms with Crippen LogP contribution in [0.3, 0.4) is 0 Å². The van der Waals surface area contributed by atoms with Crippen LogP contribution in [0.4, 0.5) is 0 Å². The Morgan fingerprint density at radius 3 is 2.38 bits per heavy atom. The molecule has 0 atom stereocenters. The van der Waals surface area contributed by atoms with Crippen LogP contribution in [0.5, 0.6) is 17.2 Å². The maximum Gasteiger partial charge on any atom is 0.247 e. The topological polar surface area (TPSA) is 69.5 Å². The first-order valence-corrected chi connectivity index (χ1v) is 11.2. The van der Waals surface area contributed by atoms with E-state index < -0.39 is 10.0 Å². The molecule has 1 aliphatic rings. The SMILES string of the molecule is CCOc1ccccc1C[NH+]1CCN(S(=O)(=O)c2cc(OC)ccc2OC)CC1. The first kappa shape index (κ1) is 21.4. The summed E-state index contributed by atoms with van der Waals surface area (Å²) in [4.78, 5) is 1.48. The van der Waals surface area contributed by atoms with Crippen LogP contribution in [0.15, 0.2) is 47.4 Å². The van der Waals surface area contributed by atoms with Crippen LogP contribution < -0.4 is 19.1 Å². The van der Waals surface area contributed by atoms with E-state index >= 15 is 0 Å². The molecule has 2 aromatic rings. The van der Waals surface area contributed by atoms with Gasteiger partial charge in [-0.05, 0) is 31.2 Å². The van der Waals surface area contributed by atoms with Gasteiger partial charge in [-0.3, -0.25) is 0 Å². The summed E-state index contributed by atoms with van der Waals surface area (Å²) in [5.74, 6) is 1.71. The van der Waals surface area contributed by atoms with Gasteiger partial charge in [-0.25, -0.2) is 8.42 Å². The quantitative estimate of drug-likeness (QED) is 0.694. The molecule has 8 heteroatoms. The molecule has 0 aromatic heterocycles. The molecule has 1 heterocycles. The molecule has 3 rings (SSSR count). The number of nitrogens with zero attached hydrogens (tertiary/aromatic N) is 1. The molecule has 0 aliphatic carbocycles. The average molecular weight is 422 g/mol. The van der Waals surface area contributed by atoms with Crippen molar-refractivity contribution in [3.63, 3.8) is 0 Å². The summed E-state index contributed by atoms with van der Waals surface area (Å²) in [6.45, 7) is 5.77. The predicted octanol–water partition coefficient (Wildman–Crippen LogP) is 1.19. The molecular weight excluding hydrogens is 392 g/mol. The summed E-state index contributed by atoms with van der Waals surface area (Å²) in [6.07, 6.45) is 0. The Morgan fingerprint density at radius 1 is 1.00 bits per heavy atom. The summed E-state index contributed by atoms with van der Waals surface area (Å²) in [5.41, 5.74) is 1.15.